The fraction of sp³-hybridized carbons (Fsp3) is 0. The Kier molecular flexibility index (Phi) is 7.40. The summed E-state index contributed by atoms with van der Waals surface area (Å²) in [5, 5.41) is 7.27. The first-order valence-corrected chi connectivity index (χ1v) is 20.5. The molecule has 0 spiro atoms. The molecular weight excluding hydrogens is 725 g/mol. The van der Waals surface area contributed by atoms with Gasteiger partial charge in [0.15, 0.2) is 0 Å². The molecule has 0 atom stereocenters. The zero-order valence-electron chi connectivity index (χ0n) is 31.3. The second-order valence-electron chi connectivity index (χ2n) is 14.9. The van der Waals surface area contributed by atoms with Crippen LogP contribution in [0.2, 0.25) is 0 Å². The van der Waals surface area contributed by atoms with Crippen molar-refractivity contribution in [3.05, 3.63) is 206 Å². The lowest BCUT2D eigenvalue weighted by Crippen LogP contribution is -2.10. The van der Waals surface area contributed by atoms with Crippen molar-refractivity contribution in [1.29, 1.82) is 0 Å². The van der Waals surface area contributed by atoms with E-state index in [1.165, 1.54) is 53.1 Å². The Morgan fingerprint density at radius 3 is 1.83 bits per heavy atom. The monoisotopic (exact) mass is 758 g/mol. The Balaban J connectivity index is 1.07. The molecule has 0 amide bonds. The summed E-state index contributed by atoms with van der Waals surface area (Å²) in [5.74, 6) is 0. The molecule has 0 saturated carbocycles. The predicted octanol–water partition coefficient (Wildman–Crippen LogP) is 15.9. The summed E-state index contributed by atoms with van der Waals surface area (Å²) in [6, 6.07) is 74.5. The molecule has 0 saturated heterocycles. The van der Waals surface area contributed by atoms with E-state index in [1.54, 1.807) is 0 Å². The van der Waals surface area contributed by atoms with Gasteiger partial charge in [-0.2, -0.15) is 0 Å². The van der Waals surface area contributed by atoms with Crippen LogP contribution in [0.25, 0.3) is 91.9 Å². The molecule has 3 aromatic heterocycles. The highest BCUT2D eigenvalue weighted by Gasteiger charge is 2.22. The zero-order valence-corrected chi connectivity index (χ0v) is 32.2. The van der Waals surface area contributed by atoms with Crippen LogP contribution in [0.15, 0.2) is 211 Å². The lowest BCUT2D eigenvalue weighted by atomic mass is 10.0. The predicted molar refractivity (Wildman–Crippen MR) is 247 cm³/mol. The number of thiophene rings is 1. The molecule has 4 heteroatoms. The van der Waals surface area contributed by atoms with E-state index in [4.69, 9.17) is 4.42 Å². The van der Waals surface area contributed by atoms with Gasteiger partial charge in [-0.15, -0.1) is 11.3 Å². The maximum Gasteiger partial charge on any atom is 0.136 e. The first kappa shape index (κ1) is 32.8. The highest BCUT2D eigenvalue weighted by Crippen LogP contribution is 2.47. The second-order valence-corrected chi connectivity index (χ2v) is 16.0. The number of rotatable bonds is 6. The van der Waals surface area contributed by atoms with Crippen LogP contribution in [0.4, 0.5) is 17.1 Å². The molecule has 0 aliphatic carbocycles. The number of fused-ring (bicyclic) bond motifs is 9. The van der Waals surface area contributed by atoms with Crippen LogP contribution in [0, 0.1) is 0 Å². The molecule has 0 aliphatic rings. The lowest BCUT2D eigenvalue weighted by molar-refractivity contribution is 0.669. The molecule has 0 N–H and O–H groups in total. The van der Waals surface area contributed by atoms with Crippen molar-refractivity contribution in [2.75, 3.05) is 4.90 Å². The van der Waals surface area contributed by atoms with Crippen molar-refractivity contribution in [2.45, 2.75) is 0 Å². The van der Waals surface area contributed by atoms with Crippen LogP contribution in [0.5, 0.6) is 0 Å². The molecule has 0 unspecified atom stereocenters. The third kappa shape index (κ3) is 5.19. The highest BCUT2D eigenvalue weighted by molar-refractivity contribution is 7.26. The summed E-state index contributed by atoms with van der Waals surface area (Å²) in [5.41, 5.74) is 13.3. The number of hydrogen-bond donors (Lipinski definition) is 0. The third-order valence-electron chi connectivity index (χ3n) is 11.6. The smallest absolute Gasteiger partial charge is 0.136 e. The minimum atomic E-state index is 0.902. The van der Waals surface area contributed by atoms with Gasteiger partial charge in [-0.1, -0.05) is 127 Å². The molecule has 12 aromatic rings. The molecule has 0 aliphatic heterocycles. The molecule has 0 radical (unpaired) electrons. The molecule has 0 fully saturated rings. The number of para-hydroxylation sites is 3. The summed E-state index contributed by atoms with van der Waals surface area (Å²) in [4.78, 5) is 2.43. The van der Waals surface area contributed by atoms with Crippen molar-refractivity contribution in [3.8, 4) is 27.9 Å². The van der Waals surface area contributed by atoms with Crippen LogP contribution in [0.1, 0.15) is 0 Å². The molecule has 9 aromatic carbocycles. The average molecular weight is 759 g/mol. The summed E-state index contributed by atoms with van der Waals surface area (Å²) in [7, 11) is 0. The van der Waals surface area contributed by atoms with E-state index < -0.39 is 0 Å². The van der Waals surface area contributed by atoms with Gasteiger partial charge < -0.3 is 13.9 Å². The zero-order chi connectivity index (χ0) is 38.2. The van der Waals surface area contributed by atoms with Gasteiger partial charge in [0, 0.05) is 54.1 Å². The van der Waals surface area contributed by atoms with E-state index in [2.05, 4.69) is 204 Å². The quantitative estimate of drug-likeness (QED) is 0.168. The van der Waals surface area contributed by atoms with E-state index in [-0.39, 0.29) is 0 Å². The summed E-state index contributed by atoms with van der Waals surface area (Å²) in [6.07, 6.45) is 0. The first-order chi connectivity index (χ1) is 28.7. The third-order valence-corrected chi connectivity index (χ3v) is 12.8. The Morgan fingerprint density at radius 2 is 0.983 bits per heavy atom. The van der Waals surface area contributed by atoms with Crippen LogP contribution in [-0.2, 0) is 0 Å². The topological polar surface area (TPSA) is 21.3 Å². The largest absolute Gasteiger partial charge is 0.456 e. The number of furan rings is 1. The van der Waals surface area contributed by atoms with Crippen molar-refractivity contribution in [3.63, 3.8) is 0 Å². The second kappa shape index (κ2) is 13.1. The van der Waals surface area contributed by atoms with Crippen molar-refractivity contribution in [2.24, 2.45) is 0 Å². The van der Waals surface area contributed by atoms with E-state index in [0.29, 0.717) is 0 Å². The lowest BCUT2D eigenvalue weighted by Gasteiger charge is -2.27. The van der Waals surface area contributed by atoms with Crippen molar-refractivity contribution in [1.82, 2.24) is 4.57 Å². The number of nitrogens with zero attached hydrogens (tertiary/aromatic N) is 2. The van der Waals surface area contributed by atoms with E-state index in [1.807, 2.05) is 23.5 Å². The summed E-state index contributed by atoms with van der Waals surface area (Å²) >= 11 is 1.86. The van der Waals surface area contributed by atoms with E-state index in [0.717, 1.165) is 55.8 Å². The maximum atomic E-state index is 6.27. The standard InChI is InChI=1S/C54H34N2OS/c1-3-13-35(14-4-1)37-26-30-49-46(31-37)42-17-7-10-20-48(42)56(49)41-33-47-45-19-9-12-22-53(45)58-54(47)50(34-41)55(39-15-5-2-6-16-39)40-27-23-36(24-28-40)38-25-29-44-43-18-8-11-21-51(43)57-52(44)32-38/h1-34H. The molecule has 0 bridgehead atoms. The summed E-state index contributed by atoms with van der Waals surface area (Å²) in [6.45, 7) is 0. The molecule has 3 heterocycles. The molecule has 58 heavy (non-hydrogen) atoms. The van der Waals surface area contributed by atoms with Gasteiger partial charge in [-0.05, 0) is 101 Å². The van der Waals surface area contributed by atoms with Gasteiger partial charge in [0.25, 0.3) is 0 Å². The number of anilines is 3. The first-order valence-electron chi connectivity index (χ1n) is 19.7. The normalized spacial score (nSPS) is 11.8. The number of hydrogen-bond acceptors (Lipinski definition) is 3. The van der Waals surface area contributed by atoms with Crippen LogP contribution >= 0.6 is 11.3 Å². The fourth-order valence-corrected chi connectivity index (χ4v) is 10.1. The fourth-order valence-electron chi connectivity index (χ4n) is 8.86. The van der Waals surface area contributed by atoms with Gasteiger partial charge >= 0.3 is 0 Å². The van der Waals surface area contributed by atoms with Gasteiger partial charge in [0.05, 0.1) is 21.4 Å². The van der Waals surface area contributed by atoms with Gasteiger partial charge in [0.1, 0.15) is 11.2 Å². The molecule has 272 valence electrons. The van der Waals surface area contributed by atoms with Crippen molar-refractivity contribution < 1.29 is 4.42 Å². The average Bonchev–Trinajstić information content (AvgIpc) is 3.96. The molecule has 3 nitrogen and oxygen atoms in total. The van der Waals surface area contributed by atoms with Crippen LogP contribution < -0.4 is 4.90 Å². The van der Waals surface area contributed by atoms with Crippen LogP contribution in [0.3, 0.4) is 0 Å². The SMILES string of the molecule is c1ccc(-c2ccc3c(c2)c2ccccc2n3-c2cc(N(c3ccccc3)c3ccc(-c4ccc5c(c4)oc4ccccc45)cc3)c3sc4ccccc4c3c2)cc1. The minimum Gasteiger partial charge on any atom is -0.456 e. The van der Waals surface area contributed by atoms with Crippen molar-refractivity contribution >= 4 is 92.3 Å². The number of aromatic nitrogens is 1. The Hall–Kier alpha value is -7.40. The van der Waals surface area contributed by atoms with Gasteiger partial charge in [0.2, 0.25) is 0 Å². The minimum absolute atomic E-state index is 0.902. The van der Waals surface area contributed by atoms with E-state index >= 15 is 0 Å². The van der Waals surface area contributed by atoms with Gasteiger partial charge in [-0.3, -0.25) is 0 Å². The Morgan fingerprint density at radius 1 is 0.379 bits per heavy atom. The van der Waals surface area contributed by atoms with Gasteiger partial charge in [-0.25, -0.2) is 0 Å². The molecular formula is C54H34N2OS. The maximum absolute atomic E-state index is 6.27. The summed E-state index contributed by atoms with van der Waals surface area (Å²) < 4.78 is 11.2. The van der Waals surface area contributed by atoms with E-state index in [9.17, 15) is 0 Å². The van der Waals surface area contributed by atoms with Crippen LogP contribution in [-0.4, -0.2) is 4.57 Å². The Bertz CT molecular complexity index is 3500. The number of benzene rings is 9. The Labute approximate surface area is 338 Å². The molecule has 12 rings (SSSR count). The highest BCUT2D eigenvalue weighted by atomic mass is 32.1.